The average Bonchev–Trinajstić information content (AvgIpc) is 2.84. The van der Waals surface area contributed by atoms with E-state index >= 15 is 0 Å². The second kappa shape index (κ2) is 3.70. The minimum absolute atomic E-state index is 0.0896. The lowest BCUT2D eigenvalue weighted by atomic mass is 9.72. The van der Waals surface area contributed by atoms with Crippen molar-refractivity contribution in [2.75, 3.05) is 13.7 Å². The summed E-state index contributed by atoms with van der Waals surface area (Å²) in [4.78, 5) is 11.9. The summed E-state index contributed by atoms with van der Waals surface area (Å²) in [6.07, 6.45) is 2.16. The molecule has 3 fully saturated rings. The van der Waals surface area contributed by atoms with Crippen molar-refractivity contribution in [3.05, 3.63) is 0 Å². The van der Waals surface area contributed by atoms with Crippen molar-refractivity contribution in [3.63, 3.8) is 0 Å². The molecule has 2 aliphatic carbocycles. The number of rotatable bonds is 1. The molecule has 18 heavy (non-hydrogen) atoms. The van der Waals surface area contributed by atoms with E-state index in [1.165, 1.54) is 7.11 Å². The number of aliphatic hydroxyl groups is 1. The lowest BCUT2D eigenvalue weighted by molar-refractivity contribution is -0.147. The zero-order valence-electron chi connectivity index (χ0n) is 11.3. The first-order valence-electron chi connectivity index (χ1n) is 6.78. The highest BCUT2D eigenvalue weighted by molar-refractivity contribution is 5.73. The normalized spacial score (nSPS) is 48.9. The molecule has 0 aromatic rings. The predicted octanol–water partition coefficient (Wildman–Crippen LogP) is 1.57. The molecule has 5 atom stereocenters. The van der Waals surface area contributed by atoms with Crippen molar-refractivity contribution in [3.8, 4) is 0 Å². The van der Waals surface area contributed by atoms with E-state index in [-0.39, 0.29) is 28.6 Å². The van der Waals surface area contributed by atoms with E-state index in [0.29, 0.717) is 12.5 Å². The third kappa shape index (κ3) is 1.42. The molecule has 1 aliphatic heterocycles. The van der Waals surface area contributed by atoms with Crippen molar-refractivity contribution in [1.29, 1.82) is 0 Å². The summed E-state index contributed by atoms with van der Waals surface area (Å²) in [5, 5.41) is 10.3. The van der Waals surface area contributed by atoms with Crippen molar-refractivity contribution < 1.29 is 19.4 Å². The minimum atomic E-state index is -0.705. The van der Waals surface area contributed by atoms with Gasteiger partial charge in [-0.3, -0.25) is 4.79 Å². The molecule has 2 saturated carbocycles. The molecular weight excluding hydrogens is 232 g/mol. The number of ether oxygens (including phenoxy) is 2. The third-order valence-corrected chi connectivity index (χ3v) is 5.46. The quantitative estimate of drug-likeness (QED) is 0.722. The summed E-state index contributed by atoms with van der Waals surface area (Å²) in [6.45, 7) is 4.98. The standard InChI is InChI=1S/C14H22O4/c1-13(2)5-8-4-9(11(15)17-3)10-6-18-12(16)14(8,10)7-13/h8-10,12,16H,4-7H2,1-3H3/t8-,9+,10+,12-,14-/m1/s1. The summed E-state index contributed by atoms with van der Waals surface area (Å²) in [5.74, 6) is 0.295. The Hall–Kier alpha value is -0.610. The van der Waals surface area contributed by atoms with Gasteiger partial charge in [0.1, 0.15) is 0 Å². The van der Waals surface area contributed by atoms with Crippen LogP contribution in [0, 0.1) is 28.6 Å². The van der Waals surface area contributed by atoms with Gasteiger partial charge >= 0.3 is 5.97 Å². The molecule has 3 aliphatic rings. The summed E-state index contributed by atoms with van der Waals surface area (Å²) in [5.41, 5.74) is 0.0288. The Balaban J connectivity index is 1.95. The molecule has 0 bridgehead atoms. The highest BCUT2D eigenvalue weighted by Gasteiger charge is 2.68. The Bertz CT molecular complexity index is 378. The zero-order chi connectivity index (χ0) is 13.1. The van der Waals surface area contributed by atoms with E-state index < -0.39 is 6.29 Å². The predicted molar refractivity (Wildman–Crippen MR) is 64.5 cm³/mol. The Labute approximate surface area is 108 Å². The Morgan fingerprint density at radius 1 is 1.44 bits per heavy atom. The Kier molecular flexibility index (Phi) is 2.55. The SMILES string of the molecule is COC(=O)[C@H]1C[C@@H]2CC(C)(C)C[C@@]23[C@H](O)OC[C@@H]13. The van der Waals surface area contributed by atoms with Crippen LogP contribution in [0.4, 0.5) is 0 Å². The zero-order valence-corrected chi connectivity index (χ0v) is 11.3. The van der Waals surface area contributed by atoms with Crippen LogP contribution in [-0.4, -0.2) is 31.1 Å². The minimum Gasteiger partial charge on any atom is -0.469 e. The molecule has 1 heterocycles. The van der Waals surface area contributed by atoms with Crippen LogP contribution in [0.25, 0.3) is 0 Å². The Morgan fingerprint density at radius 3 is 2.83 bits per heavy atom. The fourth-order valence-corrected chi connectivity index (χ4v) is 4.99. The van der Waals surface area contributed by atoms with Gasteiger partial charge in [0.05, 0.1) is 19.6 Å². The number of carbonyl (C=O) groups excluding carboxylic acids is 1. The largest absolute Gasteiger partial charge is 0.469 e. The van der Waals surface area contributed by atoms with E-state index in [1.807, 2.05) is 0 Å². The van der Waals surface area contributed by atoms with Crippen LogP contribution in [0.15, 0.2) is 0 Å². The van der Waals surface area contributed by atoms with E-state index in [0.717, 1.165) is 19.3 Å². The van der Waals surface area contributed by atoms with Crippen LogP contribution in [0.1, 0.15) is 33.1 Å². The summed E-state index contributed by atoms with van der Waals surface area (Å²) < 4.78 is 10.4. The monoisotopic (exact) mass is 254 g/mol. The van der Waals surface area contributed by atoms with Gasteiger partial charge in [0.2, 0.25) is 0 Å². The van der Waals surface area contributed by atoms with Gasteiger partial charge in [-0.25, -0.2) is 0 Å². The first kappa shape index (κ1) is 12.4. The second-order valence-corrected chi connectivity index (χ2v) is 7.01. The molecule has 0 unspecified atom stereocenters. The van der Waals surface area contributed by atoms with Crippen LogP contribution in [0.5, 0.6) is 0 Å². The average molecular weight is 254 g/mol. The van der Waals surface area contributed by atoms with Crippen LogP contribution in [0.2, 0.25) is 0 Å². The molecule has 1 N–H and O–H groups in total. The number of aliphatic hydroxyl groups excluding tert-OH is 1. The van der Waals surface area contributed by atoms with Crippen LogP contribution < -0.4 is 0 Å². The second-order valence-electron chi connectivity index (χ2n) is 7.01. The topological polar surface area (TPSA) is 55.8 Å². The van der Waals surface area contributed by atoms with Crippen molar-refractivity contribution in [1.82, 2.24) is 0 Å². The molecular formula is C14H22O4. The summed E-state index contributed by atoms with van der Waals surface area (Å²) >= 11 is 0. The van der Waals surface area contributed by atoms with Crippen molar-refractivity contribution in [2.45, 2.75) is 39.4 Å². The maximum atomic E-state index is 11.9. The molecule has 0 aromatic carbocycles. The first-order valence-corrected chi connectivity index (χ1v) is 6.78. The third-order valence-electron chi connectivity index (χ3n) is 5.46. The van der Waals surface area contributed by atoms with E-state index in [1.54, 1.807) is 0 Å². The molecule has 102 valence electrons. The van der Waals surface area contributed by atoms with Gasteiger partial charge in [0.15, 0.2) is 6.29 Å². The molecule has 4 nitrogen and oxygen atoms in total. The van der Waals surface area contributed by atoms with Gasteiger partial charge in [-0.05, 0) is 30.6 Å². The van der Waals surface area contributed by atoms with Crippen LogP contribution in [-0.2, 0) is 14.3 Å². The fraction of sp³-hybridized carbons (Fsp3) is 0.929. The number of carbonyl (C=O) groups is 1. The molecule has 1 spiro atoms. The molecule has 0 amide bonds. The lowest BCUT2D eigenvalue weighted by Crippen LogP contribution is -2.37. The lowest BCUT2D eigenvalue weighted by Gasteiger charge is -2.33. The van der Waals surface area contributed by atoms with Crippen LogP contribution in [0.3, 0.4) is 0 Å². The molecule has 4 heteroatoms. The van der Waals surface area contributed by atoms with Gasteiger partial charge in [0, 0.05) is 11.3 Å². The van der Waals surface area contributed by atoms with Crippen LogP contribution >= 0.6 is 0 Å². The number of hydrogen-bond acceptors (Lipinski definition) is 4. The maximum Gasteiger partial charge on any atom is 0.309 e. The number of esters is 1. The van der Waals surface area contributed by atoms with Gasteiger partial charge in [-0.2, -0.15) is 0 Å². The van der Waals surface area contributed by atoms with Crippen molar-refractivity contribution in [2.24, 2.45) is 28.6 Å². The molecule has 0 radical (unpaired) electrons. The Morgan fingerprint density at radius 2 is 2.17 bits per heavy atom. The van der Waals surface area contributed by atoms with E-state index in [4.69, 9.17) is 9.47 Å². The first-order chi connectivity index (χ1) is 8.40. The number of methoxy groups -OCH3 is 1. The van der Waals surface area contributed by atoms with Gasteiger partial charge in [-0.1, -0.05) is 13.8 Å². The van der Waals surface area contributed by atoms with Crippen molar-refractivity contribution >= 4 is 5.97 Å². The summed E-state index contributed by atoms with van der Waals surface area (Å²) in [7, 11) is 1.44. The fourth-order valence-electron chi connectivity index (χ4n) is 4.99. The molecule has 1 saturated heterocycles. The highest BCUT2D eigenvalue weighted by Crippen LogP contribution is 2.68. The van der Waals surface area contributed by atoms with E-state index in [2.05, 4.69) is 13.8 Å². The summed E-state index contributed by atoms with van der Waals surface area (Å²) in [6, 6.07) is 0. The maximum absolute atomic E-state index is 11.9. The highest BCUT2D eigenvalue weighted by atomic mass is 16.6. The molecule has 3 rings (SSSR count). The van der Waals surface area contributed by atoms with Gasteiger partial charge in [-0.15, -0.1) is 0 Å². The van der Waals surface area contributed by atoms with Gasteiger partial charge in [0.25, 0.3) is 0 Å². The smallest absolute Gasteiger partial charge is 0.309 e. The van der Waals surface area contributed by atoms with Gasteiger partial charge < -0.3 is 14.6 Å². The number of hydrogen-bond donors (Lipinski definition) is 1. The molecule has 0 aromatic heterocycles. The van der Waals surface area contributed by atoms with E-state index in [9.17, 15) is 9.90 Å².